The maximum atomic E-state index is 6.13. The largest absolute Gasteiger partial charge is 0.356 e. The second kappa shape index (κ2) is 5.69. The Balaban J connectivity index is 1.44. The Kier molecular flexibility index (Phi) is 3.75. The van der Waals surface area contributed by atoms with E-state index in [0.29, 0.717) is 22.4 Å². The van der Waals surface area contributed by atoms with Crippen LogP contribution in [-0.2, 0) is 0 Å². The molecule has 3 heterocycles. The Morgan fingerprint density at radius 2 is 2.04 bits per heavy atom. The summed E-state index contributed by atoms with van der Waals surface area (Å²) in [6.45, 7) is 8.12. The molecule has 128 valence electrons. The van der Waals surface area contributed by atoms with Crippen molar-refractivity contribution in [1.29, 1.82) is 0 Å². The van der Waals surface area contributed by atoms with Crippen LogP contribution < -0.4 is 4.90 Å². The summed E-state index contributed by atoms with van der Waals surface area (Å²) in [5.41, 5.74) is 1.29. The minimum atomic E-state index is 0.310. The third-order valence-corrected chi connectivity index (χ3v) is 5.90. The molecule has 0 amide bonds. The third kappa shape index (κ3) is 2.57. The highest BCUT2D eigenvalue weighted by Crippen LogP contribution is 2.64. The summed E-state index contributed by atoms with van der Waals surface area (Å²) in [6.07, 6.45) is 4.95. The van der Waals surface area contributed by atoms with E-state index in [1.807, 2.05) is 6.92 Å². The Bertz CT molecular complexity index is 751. The van der Waals surface area contributed by atoms with Gasteiger partial charge in [-0.25, -0.2) is 9.97 Å². The van der Waals surface area contributed by atoms with Crippen molar-refractivity contribution in [2.45, 2.75) is 51.9 Å². The molecule has 1 unspecified atom stereocenters. The second-order valence-electron chi connectivity index (χ2n) is 7.36. The van der Waals surface area contributed by atoms with E-state index >= 15 is 0 Å². The quantitative estimate of drug-likeness (QED) is 0.788. The molecule has 1 saturated heterocycles. The molecule has 0 bridgehead atoms. The van der Waals surface area contributed by atoms with Crippen LogP contribution in [0.2, 0.25) is 5.15 Å². The van der Waals surface area contributed by atoms with Crippen LogP contribution in [0.3, 0.4) is 0 Å². The van der Waals surface area contributed by atoms with Crippen LogP contribution in [0.5, 0.6) is 0 Å². The fourth-order valence-corrected chi connectivity index (χ4v) is 3.90. The number of rotatable bonds is 3. The average molecular weight is 348 g/mol. The number of hydrogen-bond donors (Lipinski definition) is 0. The Labute approximate surface area is 146 Å². The van der Waals surface area contributed by atoms with Gasteiger partial charge < -0.3 is 9.42 Å². The number of piperidine rings is 1. The SMILES string of the molecule is Cc1c(Cl)ncnc1N1CCC2(CC1)CC2c1nc(C(C)C)no1. The number of aromatic nitrogens is 4. The summed E-state index contributed by atoms with van der Waals surface area (Å²) in [5, 5.41) is 4.65. The Morgan fingerprint density at radius 1 is 1.29 bits per heavy atom. The highest BCUT2D eigenvalue weighted by molar-refractivity contribution is 6.30. The summed E-state index contributed by atoms with van der Waals surface area (Å²) in [4.78, 5) is 15.4. The van der Waals surface area contributed by atoms with Gasteiger partial charge in [-0.2, -0.15) is 4.98 Å². The molecular weight excluding hydrogens is 326 g/mol. The monoisotopic (exact) mass is 347 g/mol. The van der Waals surface area contributed by atoms with Gasteiger partial charge in [-0.05, 0) is 31.6 Å². The van der Waals surface area contributed by atoms with E-state index in [1.165, 1.54) is 0 Å². The summed E-state index contributed by atoms with van der Waals surface area (Å²) in [7, 11) is 0. The molecule has 2 aliphatic rings. The zero-order valence-electron chi connectivity index (χ0n) is 14.3. The Morgan fingerprint density at radius 3 is 2.71 bits per heavy atom. The maximum absolute atomic E-state index is 6.13. The van der Waals surface area contributed by atoms with Crippen molar-refractivity contribution < 1.29 is 4.52 Å². The van der Waals surface area contributed by atoms with Gasteiger partial charge in [0.15, 0.2) is 5.82 Å². The van der Waals surface area contributed by atoms with E-state index in [0.717, 1.165) is 55.4 Å². The van der Waals surface area contributed by atoms with Crippen LogP contribution in [0.15, 0.2) is 10.9 Å². The van der Waals surface area contributed by atoms with Crippen molar-refractivity contribution in [2.75, 3.05) is 18.0 Å². The zero-order chi connectivity index (χ0) is 16.9. The van der Waals surface area contributed by atoms with Gasteiger partial charge in [0, 0.05) is 30.5 Å². The van der Waals surface area contributed by atoms with Gasteiger partial charge in [0.2, 0.25) is 5.89 Å². The highest BCUT2D eigenvalue weighted by atomic mass is 35.5. The van der Waals surface area contributed by atoms with Crippen molar-refractivity contribution in [3.05, 3.63) is 28.8 Å². The van der Waals surface area contributed by atoms with Crippen LogP contribution >= 0.6 is 11.6 Å². The first-order valence-corrected chi connectivity index (χ1v) is 8.93. The van der Waals surface area contributed by atoms with Crippen molar-refractivity contribution in [2.24, 2.45) is 5.41 Å². The maximum Gasteiger partial charge on any atom is 0.230 e. The lowest BCUT2D eigenvalue weighted by Gasteiger charge is -2.34. The van der Waals surface area contributed by atoms with Gasteiger partial charge in [0.1, 0.15) is 17.3 Å². The molecule has 2 fully saturated rings. The molecule has 2 aromatic heterocycles. The van der Waals surface area contributed by atoms with Crippen LogP contribution in [0.4, 0.5) is 5.82 Å². The first kappa shape index (κ1) is 15.8. The number of hydrogen-bond acceptors (Lipinski definition) is 6. The summed E-state index contributed by atoms with van der Waals surface area (Å²) in [6, 6.07) is 0. The topological polar surface area (TPSA) is 67.9 Å². The second-order valence-corrected chi connectivity index (χ2v) is 7.72. The van der Waals surface area contributed by atoms with E-state index in [2.05, 4.69) is 38.9 Å². The fourth-order valence-electron chi connectivity index (χ4n) is 3.78. The van der Waals surface area contributed by atoms with Gasteiger partial charge in [-0.1, -0.05) is 30.6 Å². The molecule has 7 heteroatoms. The molecule has 1 spiro atoms. The van der Waals surface area contributed by atoms with Crippen LogP contribution in [0.1, 0.15) is 62.2 Å². The van der Waals surface area contributed by atoms with Crippen molar-refractivity contribution in [3.8, 4) is 0 Å². The van der Waals surface area contributed by atoms with E-state index < -0.39 is 0 Å². The van der Waals surface area contributed by atoms with Gasteiger partial charge in [0.25, 0.3) is 0 Å². The van der Waals surface area contributed by atoms with Gasteiger partial charge in [-0.15, -0.1) is 0 Å². The van der Waals surface area contributed by atoms with Gasteiger partial charge in [0.05, 0.1) is 0 Å². The first-order chi connectivity index (χ1) is 11.5. The molecule has 6 nitrogen and oxygen atoms in total. The van der Waals surface area contributed by atoms with Crippen molar-refractivity contribution in [3.63, 3.8) is 0 Å². The minimum Gasteiger partial charge on any atom is -0.356 e. The number of anilines is 1. The lowest BCUT2D eigenvalue weighted by Crippen LogP contribution is -2.36. The molecule has 1 aliphatic carbocycles. The standard InChI is InChI=1S/C17H22ClN5O/c1-10(2)14-21-16(24-22-14)12-8-17(12)4-6-23(7-5-17)15-11(3)13(18)19-9-20-15/h9-10,12H,4-8H2,1-3H3. The molecule has 0 aromatic carbocycles. The van der Waals surface area contributed by atoms with E-state index in [9.17, 15) is 0 Å². The lowest BCUT2D eigenvalue weighted by atomic mass is 9.90. The van der Waals surface area contributed by atoms with Crippen molar-refractivity contribution >= 4 is 17.4 Å². The highest BCUT2D eigenvalue weighted by Gasteiger charge is 2.58. The summed E-state index contributed by atoms with van der Waals surface area (Å²) < 4.78 is 5.51. The first-order valence-electron chi connectivity index (χ1n) is 8.56. The average Bonchev–Trinajstić information content (AvgIpc) is 3.04. The van der Waals surface area contributed by atoms with E-state index in [-0.39, 0.29) is 0 Å². The predicted octanol–water partition coefficient (Wildman–Crippen LogP) is 3.72. The minimum absolute atomic E-state index is 0.310. The predicted molar refractivity (Wildman–Crippen MR) is 91.4 cm³/mol. The van der Waals surface area contributed by atoms with Crippen LogP contribution in [0, 0.1) is 12.3 Å². The van der Waals surface area contributed by atoms with Gasteiger partial charge in [-0.3, -0.25) is 0 Å². The molecular formula is C17H22ClN5O. The molecule has 1 atom stereocenters. The molecule has 0 N–H and O–H groups in total. The van der Waals surface area contributed by atoms with Crippen molar-refractivity contribution in [1.82, 2.24) is 20.1 Å². The molecule has 1 aliphatic heterocycles. The lowest BCUT2D eigenvalue weighted by molar-refractivity contribution is 0.324. The number of halogens is 1. The number of nitrogens with zero attached hydrogens (tertiary/aromatic N) is 5. The molecule has 24 heavy (non-hydrogen) atoms. The normalized spacial score (nSPS) is 22.4. The van der Waals surface area contributed by atoms with Crippen LogP contribution in [0.25, 0.3) is 0 Å². The molecule has 0 radical (unpaired) electrons. The van der Waals surface area contributed by atoms with E-state index in [1.54, 1.807) is 6.33 Å². The third-order valence-electron chi connectivity index (χ3n) is 5.52. The smallest absolute Gasteiger partial charge is 0.230 e. The molecule has 4 rings (SSSR count). The summed E-state index contributed by atoms with van der Waals surface area (Å²) >= 11 is 6.13. The molecule has 1 saturated carbocycles. The fraction of sp³-hybridized carbons (Fsp3) is 0.647. The van der Waals surface area contributed by atoms with Gasteiger partial charge >= 0.3 is 0 Å². The Hall–Kier alpha value is -1.69. The van der Waals surface area contributed by atoms with Crippen LogP contribution in [-0.4, -0.2) is 33.2 Å². The molecule has 2 aromatic rings. The zero-order valence-corrected chi connectivity index (χ0v) is 15.0. The summed E-state index contributed by atoms with van der Waals surface area (Å²) in [5.74, 6) is 3.34. The van der Waals surface area contributed by atoms with E-state index in [4.69, 9.17) is 16.1 Å².